The van der Waals surface area contributed by atoms with Crippen molar-refractivity contribution in [3.8, 4) is 22.6 Å². The highest BCUT2D eigenvalue weighted by Gasteiger charge is 2.61. The molecular formula is C36H34FN7O2. The van der Waals surface area contributed by atoms with Crippen LogP contribution in [-0.4, -0.2) is 61.7 Å². The molecule has 0 radical (unpaired) electrons. The van der Waals surface area contributed by atoms with Crippen molar-refractivity contribution < 1.29 is 14.0 Å². The fraction of sp³-hybridized carbons (Fsp3) is 0.389. The summed E-state index contributed by atoms with van der Waals surface area (Å²) >= 11 is 0. The van der Waals surface area contributed by atoms with E-state index in [-0.39, 0.29) is 11.9 Å². The Labute approximate surface area is 265 Å². The lowest BCUT2D eigenvalue weighted by atomic mass is 9.53. The topological polar surface area (TPSA) is 87.8 Å². The Kier molecular flexibility index (Phi) is 5.41. The minimum Gasteiger partial charge on any atom is -0.336 e. The minimum absolute atomic E-state index is 0.0837. The highest BCUT2D eigenvalue weighted by molar-refractivity contribution is 5.99. The quantitative estimate of drug-likeness (QED) is 0.258. The minimum atomic E-state index is -0.427. The maximum atomic E-state index is 15.8. The number of urea groups is 1. The van der Waals surface area contributed by atoms with E-state index >= 15 is 4.39 Å². The number of fused-ring (bicyclic) bond motifs is 2. The molecule has 46 heavy (non-hydrogen) atoms. The monoisotopic (exact) mass is 615 g/mol. The molecule has 5 aliphatic rings. The first kappa shape index (κ1) is 26.5. The van der Waals surface area contributed by atoms with E-state index in [9.17, 15) is 9.59 Å². The zero-order valence-electron chi connectivity index (χ0n) is 25.6. The molecule has 10 heteroatoms. The molecule has 232 valence electrons. The number of carbonyl (C=O) groups excluding carboxylic acids is 2. The van der Waals surface area contributed by atoms with Gasteiger partial charge in [0, 0.05) is 54.9 Å². The summed E-state index contributed by atoms with van der Waals surface area (Å²) in [5, 5.41) is 8.80. The van der Waals surface area contributed by atoms with Gasteiger partial charge in [-0.2, -0.15) is 5.10 Å². The van der Waals surface area contributed by atoms with E-state index in [4.69, 9.17) is 10.1 Å². The number of hydrogen-bond donors (Lipinski definition) is 1. The first-order valence-electron chi connectivity index (χ1n) is 16.6. The molecular weight excluding hydrogens is 581 g/mol. The lowest BCUT2D eigenvalue weighted by molar-refractivity contribution is -0.0204. The van der Waals surface area contributed by atoms with Gasteiger partial charge in [0.05, 0.1) is 22.6 Å². The fourth-order valence-electron chi connectivity index (χ4n) is 8.84. The number of rotatable bonds is 6. The van der Waals surface area contributed by atoms with E-state index < -0.39 is 5.82 Å². The van der Waals surface area contributed by atoms with Crippen LogP contribution in [0.1, 0.15) is 41.6 Å². The van der Waals surface area contributed by atoms with E-state index in [1.54, 1.807) is 15.6 Å². The van der Waals surface area contributed by atoms with Crippen molar-refractivity contribution >= 4 is 34.2 Å². The molecule has 1 N–H and O–H groups in total. The number of amides is 3. The van der Waals surface area contributed by atoms with Crippen LogP contribution in [0.5, 0.6) is 0 Å². The van der Waals surface area contributed by atoms with Crippen LogP contribution in [0, 0.1) is 36.4 Å². The largest absolute Gasteiger partial charge is 0.336 e. The number of aryl methyl sites for hydroxylation is 1. The first-order chi connectivity index (χ1) is 22.4. The molecule has 3 unspecified atom stereocenters. The molecule has 4 aromatic heterocycles. The second kappa shape index (κ2) is 9.40. The lowest BCUT2D eigenvalue weighted by Gasteiger charge is -2.52. The number of hydrogen-bond acceptors (Lipinski definition) is 4. The van der Waals surface area contributed by atoms with Crippen LogP contribution in [0.3, 0.4) is 0 Å². The number of aromatic nitrogens is 4. The molecule has 5 fully saturated rings. The Morgan fingerprint density at radius 3 is 2.74 bits per heavy atom. The van der Waals surface area contributed by atoms with Crippen molar-refractivity contribution in [1.29, 1.82) is 0 Å². The summed E-state index contributed by atoms with van der Waals surface area (Å²) in [6.45, 7) is 4.72. The molecule has 2 saturated heterocycles. The van der Waals surface area contributed by atoms with Crippen LogP contribution in [0.2, 0.25) is 0 Å². The average molecular weight is 616 g/mol. The van der Waals surface area contributed by atoms with Gasteiger partial charge in [0.25, 0.3) is 5.91 Å². The highest BCUT2D eigenvalue weighted by atomic mass is 19.1. The van der Waals surface area contributed by atoms with Crippen LogP contribution in [-0.2, 0) is 6.54 Å². The van der Waals surface area contributed by atoms with Crippen molar-refractivity contribution in [2.75, 3.05) is 24.5 Å². The summed E-state index contributed by atoms with van der Waals surface area (Å²) in [5.74, 6) is 2.11. The normalized spacial score (nSPS) is 24.8. The lowest BCUT2D eigenvalue weighted by Crippen LogP contribution is -2.53. The smallest absolute Gasteiger partial charge is 0.322 e. The fourth-order valence-corrected chi connectivity index (χ4v) is 8.84. The molecule has 0 spiro atoms. The van der Waals surface area contributed by atoms with Gasteiger partial charge in [0.1, 0.15) is 22.7 Å². The number of nitrogens with one attached hydrogen (secondary N) is 1. The van der Waals surface area contributed by atoms with Crippen LogP contribution >= 0.6 is 0 Å². The van der Waals surface area contributed by atoms with Gasteiger partial charge < -0.3 is 14.8 Å². The molecule has 3 saturated carbocycles. The van der Waals surface area contributed by atoms with E-state index in [2.05, 4.69) is 22.0 Å². The molecule has 10 rings (SSSR count). The third-order valence-corrected chi connectivity index (χ3v) is 11.4. The number of carbonyl (C=O) groups is 2. The molecule has 0 bridgehead atoms. The number of para-hydroxylation sites is 1. The van der Waals surface area contributed by atoms with Gasteiger partial charge in [-0.05, 0) is 86.6 Å². The number of pyridine rings is 2. The van der Waals surface area contributed by atoms with Gasteiger partial charge in [-0.3, -0.25) is 9.69 Å². The third-order valence-electron chi connectivity index (χ3n) is 11.4. The zero-order valence-corrected chi connectivity index (χ0v) is 25.6. The van der Waals surface area contributed by atoms with Crippen molar-refractivity contribution in [1.82, 2.24) is 29.4 Å². The maximum absolute atomic E-state index is 15.8. The number of likely N-dealkylation sites (tertiary alicyclic amines) is 1. The number of nitrogens with zero attached hydrogens (tertiary/aromatic N) is 6. The van der Waals surface area contributed by atoms with Crippen LogP contribution in [0.25, 0.3) is 39.2 Å². The van der Waals surface area contributed by atoms with Crippen LogP contribution in [0.15, 0.2) is 54.7 Å². The summed E-state index contributed by atoms with van der Waals surface area (Å²) in [7, 11) is 0. The summed E-state index contributed by atoms with van der Waals surface area (Å²) in [4.78, 5) is 35.1. The predicted octanol–water partition coefficient (Wildman–Crippen LogP) is 5.89. The summed E-state index contributed by atoms with van der Waals surface area (Å²) in [6.07, 6.45) is 6.35. The summed E-state index contributed by atoms with van der Waals surface area (Å²) in [6, 6.07) is 15.7. The summed E-state index contributed by atoms with van der Waals surface area (Å²) in [5.41, 5.74) is 6.44. The van der Waals surface area contributed by atoms with Crippen LogP contribution < -0.4 is 10.2 Å². The van der Waals surface area contributed by atoms with Gasteiger partial charge in [-0.15, -0.1) is 0 Å². The SMILES string of the molecule is Cc1c(-c2cc3ccc(-c4ccccc4N4CCNC4=O)nc3n2CC2CC2)nn2cc(C(=O)N3CC4CC5CC3[C@H]54)cc(F)c12. The standard InChI is InChI=1S/C36H34FN7O2/c1-19-32(40-44-18-24(13-26(37)33(19)44)35(45)43-17-23-12-22-15-29(43)31(22)23)30-14-21-8-9-27(39-34(21)42(30)16-20-6-7-20)25-4-2-3-5-28(25)41-11-10-38-36(41)46/h2-5,8-9,13-14,18,20,22-23,29,31H,6-7,10-12,15-17H2,1H3,(H,38,46)/t22?,23?,29?,31-/m1/s1. The van der Waals surface area contributed by atoms with E-state index in [1.807, 2.05) is 42.2 Å². The van der Waals surface area contributed by atoms with Crippen molar-refractivity contribution in [2.45, 2.75) is 45.2 Å². The van der Waals surface area contributed by atoms with E-state index in [0.29, 0.717) is 53.7 Å². The van der Waals surface area contributed by atoms with Gasteiger partial charge in [-0.25, -0.2) is 18.7 Å². The molecule has 6 heterocycles. The number of benzene rings is 1. The average Bonchev–Trinajstić information content (AvgIpc) is 3.52. The van der Waals surface area contributed by atoms with Crippen molar-refractivity contribution in [2.24, 2.45) is 23.7 Å². The number of anilines is 1. The van der Waals surface area contributed by atoms with Gasteiger partial charge in [-0.1, -0.05) is 18.2 Å². The molecule has 4 atom stereocenters. The summed E-state index contributed by atoms with van der Waals surface area (Å²) < 4.78 is 19.6. The number of halogens is 1. The van der Waals surface area contributed by atoms with Crippen molar-refractivity contribution in [3.63, 3.8) is 0 Å². The molecule has 3 amide bonds. The third kappa shape index (κ3) is 3.72. The molecule has 9 nitrogen and oxygen atoms in total. The Bertz CT molecular complexity index is 2130. The van der Waals surface area contributed by atoms with E-state index in [1.165, 1.54) is 12.5 Å². The Morgan fingerprint density at radius 1 is 1.09 bits per heavy atom. The maximum Gasteiger partial charge on any atom is 0.322 e. The molecule has 1 aromatic carbocycles. The Balaban J connectivity index is 1.07. The first-order valence-corrected chi connectivity index (χ1v) is 16.6. The Hall–Kier alpha value is -4.73. The molecule has 2 aliphatic heterocycles. The second-order valence-electron chi connectivity index (χ2n) is 14.0. The highest BCUT2D eigenvalue weighted by Crippen LogP contribution is 2.60. The van der Waals surface area contributed by atoms with E-state index in [0.717, 1.165) is 77.5 Å². The van der Waals surface area contributed by atoms with Gasteiger partial charge in [0.2, 0.25) is 0 Å². The predicted molar refractivity (Wildman–Crippen MR) is 172 cm³/mol. The molecule has 3 aliphatic carbocycles. The van der Waals surface area contributed by atoms with Gasteiger partial charge >= 0.3 is 6.03 Å². The van der Waals surface area contributed by atoms with Crippen LogP contribution in [0.4, 0.5) is 14.9 Å². The Morgan fingerprint density at radius 2 is 1.96 bits per heavy atom. The second-order valence-corrected chi connectivity index (χ2v) is 14.0. The zero-order chi connectivity index (χ0) is 30.8. The van der Waals surface area contributed by atoms with Gasteiger partial charge in [0.15, 0.2) is 0 Å². The van der Waals surface area contributed by atoms with Crippen molar-refractivity contribution in [3.05, 3.63) is 71.7 Å². The molecule has 5 aromatic rings.